The van der Waals surface area contributed by atoms with E-state index in [-0.39, 0.29) is 0 Å². The van der Waals surface area contributed by atoms with E-state index in [1.807, 2.05) is 0 Å². The van der Waals surface area contributed by atoms with Gasteiger partial charge < -0.3 is 10.1 Å². The normalized spacial score (nSPS) is 42.7. The van der Waals surface area contributed by atoms with Gasteiger partial charge in [0.15, 0.2) is 0 Å². The maximum atomic E-state index is 5.49. The zero-order valence-corrected chi connectivity index (χ0v) is 5.60. The second kappa shape index (κ2) is 2.27. The summed E-state index contributed by atoms with van der Waals surface area (Å²) in [5.41, 5.74) is 0. The molecular formula is C7H13NO. The van der Waals surface area contributed by atoms with E-state index in [1.54, 1.807) is 0 Å². The maximum absolute atomic E-state index is 5.49. The molecule has 0 spiro atoms. The number of ether oxygens (including phenoxy) is 1. The van der Waals surface area contributed by atoms with Crippen LogP contribution in [0, 0.1) is 5.92 Å². The van der Waals surface area contributed by atoms with Crippen molar-refractivity contribution in [2.45, 2.75) is 18.9 Å². The molecule has 2 aliphatic rings. The van der Waals surface area contributed by atoms with E-state index >= 15 is 0 Å². The Hall–Kier alpha value is -0.0800. The van der Waals surface area contributed by atoms with Crippen LogP contribution in [0.3, 0.4) is 0 Å². The number of fused-ring (bicyclic) bond motifs is 1. The average molecular weight is 127 g/mol. The second-order valence-corrected chi connectivity index (χ2v) is 2.95. The van der Waals surface area contributed by atoms with Crippen LogP contribution in [0.5, 0.6) is 0 Å². The van der Waals surface area contributed by atoms with Crippen molar-refractivity contribution in [2.75, 3.05) is 19.7 Å². The zero-order valence-electron chi connectivity index (χ0n) is 5.60. The molecule has 0 aromatic carbocycles. The minimum Gasteiger partial charge on any atom is -0.377 e. The van der Waals surface area contributed by atoms with E-state index in [4.69, 9.17) is 4.74 Å². The molecular weight excluding hydrogens is 114 g/mol. The topological polar surface area (TPSA) is 21.3 Å². The van der Waals surface area contributed by atoms with Gasteiger partial charge in [0, 0.05) is 13.2 Å². The van der Waals surface area contributed by atoms with Gasteiger partial charge in [-0.15, -0.1) is 0 Å². The van der Waals surface area contributed by atoms with Crippen molar-refractivity contribution in [3.8, 4) is 0 Å². The molecule has 9 heavy (non-hydrogen) atoms. The van der Waals surface area contributed by atoms with Gasteiger partial charge in [0.05, 0.1) is 6.10 Å². The molecule has 2 heteroatoms. The minimum absolute atomic E-state index is 0.554. The first-order chi connectivity index (χ1) is 4.47. The number of hydrogen-bond acceptors (Lipinski definition) is 2. The third-order valence-corrected chi connectivity index (χ3v) is 2.38. The highest BCUT2D eigenvalue weighted by atomic mass is 16.5. The minimum atomic E-state index is 0.554. The highest BCUT2D eigenvalue weighted by Gasteiger charge is 2.29. The SMILES string of the molecule is C1C[C@H]2CCO[C@H]2CN1. The van der Waals surface area contributed by atoms with Crippen molar-refractivity contribution < 1.29 is 4.74 Å². The molecule has 2 heterocycles. The molecule has 1 N–H and O–H groups in total. The highest BCUT2D eigenvalue weighted by molar-refractivity contribution is 4.82. The predicted octanol–water partition coefficient (Wildman–Crippen LogP) is 0.385. The summed E-state index contributed by atoms with van der Waals surface area (Å²) in [7, 11) is 0. The Morgan fingerprint density at radius 3 is 3.22 bits per heavy atom. The van der Waals surface area contributed by atoms with Crippen LogP contribution in [0.1, 0.15) is 12.8 Å². The van der Waals surface area contributed by atoms with Gasteiger partial charge >= 0.3 is 0 Å². The van der Waals surface area contributed by atoms with Gasteiger partial charge in [0.25, 0.3) is 0 Å². The van der Waals surface area contributed by atoms with Crippen molar-refractivity contribution in [3.63, 3.8) is 0 Å². The predicted molar refractivity (Wildman–Crippen MR) is 35.3 cm³/mol. The summed E-state index contributed by atoms with van der Waals surface area (Å²) in [6.07, 6.45) is 3.18. The highest BCUT2D eigenvalue weighted by Crippen LogP contribution is 2.25. The molecule has 0 saturated carbocycles. The molecule has 2 nitrogen and oxygen atoms in total. The van der Waals surface area contributed by atoms with Crippen molar-refractivity contribution in [1.29, 1.82) is 0 Å². The van der Waals surface area contributed by atoms with Crippen LogP contribution in [0.15, 0.2) is 0 Å². The second-order valence-electron chi connectivity index (χ2n) is 2.95. The molecule has 2 atom stereocenters. The molecule has 0 aromatic rings. The molecule has 52 valence electrons. The zero-order chi connectivity index (χ0) is 6.10. The molecule has 2 aliphatic heterocycles. The Bertz CT molecular complexity index is 93.1. The third-order valence-electron chi connectivity index (χ3n) is 2.38. The van der Waals surface area contributed by atoms with E-state index in [0.717, 1.165) is 19.1 Å². The number of piperidine rings is 1. The summed E-state index contributed by atoms with van der Waals surface area (Å²) in [5.74, 6) is 0.881. The Kier molecular flexibility index (Phi) is 1.44. The van der Waals surface area contributed by atoms with E-state index in [0.29, 0.717) is 6.10 Å². The van der Waals surface area contributed by atoms with Gasteiger partial charge in [0.2, 0.25) is 0 Å². The summed E-state index contributed by atoms with van der Waals surface area (Å²) in [4.78, 5) is 0. The summed E-state index contributed by atoms with van der Waals surface area (Å²) in [6, 6.07) is 0. The molecule has 0 unspecified atom stereocenters. The molecule has 2 rings (SSSR count). The summed E-state index contributed by atoms with van der Waals surface area (Å²) in [6.45, 7) is 3.28. The summed E-state index contributed by atoms with van der Waals surface area (Å²) >= 11 is 0. The molecule has 0 aromatic heterocycles. The van der Waals surface area contributed by atoms with Gasteiger partial charge in [-0.2, -0.15) is 0 Å². The fourth-order valence-electron chi connectivity index (χ4n) is 1.78. The standard InChI is InChI=1S/C7H13NO/c1-3-8-5-7-6(1)2-4-9-7/h6-8H,1-5H2/t6-,7-/m0/s1. The van der Waals surface area contributed by atoms with Gasteiger partial charge in [-0.05, 0) is 25.3 Å². The molecule has 2 saturated heterocycles. The monoisotopic (exact) mass is 127 g/mol. The lowest BCUT2D eigenvalue weighted by Crippen LogP contribution is -2.38. The quantitative estimate of drug-likeness (QED) is 0.508. The van der Waals surface area contributed by atoms with Crippen molar-refractivity contribution in [3.05, 3.63) is 0 Å². The lowest BCUT2D eigenvalue weighted by Gasteiger charge is -2.24. The van der Waals surface area contributed by atoms with Crippen LogP contribution < -0.4 is 5.32 Å². The first kappa shape index (κ1) is 5.69. The fourth-order valence-corrected chi connectivity index (χ4v) is 1.78. The third kappa shape index (κ3) is 0.970. The molecule has 2 fully saturated rings. The van der Waals surface area contributed by atoms with E-state index < -0.39 is 0 Å². The molecule has 0 radical (unpaired) electrons. The lowest BCUT2D eigenvalue weighted by molar-refractivity contribution is 0.0763. The van der Waals surface area contributed by atoms with E-state index in [1.165, 1.54) is 19.4 Å². The first-order valence-corrected chi connectivity index (χ1v) is 3.79. The molecule has 0 bridgehead atoms. The smallest absolute Gasteiger partial charge is 0.0728 e. The Balaban J connectivity index is 1.97. The molecule has 0 amide bonds. The van der Waals surface area contributed by atoms with Crippen LogP contribution in [-0.4, -0.2) is 25.8 Å². The maximum Gasteiger partial charge on any atom is 0.0728 e. The van der Waals surface area contributed by atoms with E-state index in [9.17, 15) is 0 Å². The Morgan fingerprint density at radius 2 is 2.33 bits per heavy atom. The van der Waals surface area contributed by atoms with Crippen LogP contribution >= 0.6 is 0 Å². The van der Waals surface area contributed by atoms with Crippen molar-refractivity contribution >= 4 is 0 Å². The number of nitrogens with one attached hydrogen (secondary N) is 1. The Labute approximate surface area is 55.6 Å². The summed E-state index contributed by atoms with van der Waals surface area (Å²) in [5, 5.41) is 3.33. The van der Waals surface area contributed by atoms with Crippen molar-refractivity contribution in [1.82, 2.24) is 5.32 Å². The van der Waals surface area contributed by atoms with Gasteiger partial charge in [-0.3, -0.25) is 0 Å². The van der Waals surface area contributed by atoms with E-state index in [2.05, 4.69) is 5.32 Å². The van der Waals surface area contributed by atoms with Gasteiger partial charge in [0.1, 0.15) is 0 Å². The number of hydrogen-bond donors (Lipinski definition) is 1. The van der Waals surface area contributed by atoms with Crippen LogP contribution in [-0.2, 0) is 4.74 Å². The van der Waals surface area contributed by atoms with Gasteiger partial charge in [-0.1, -0.05) is 0 Å². The first-order valence-electron chi connectivity index (χ1n) is 3.79. The largest absolute Gasteiger partial charge is 0.377 e. The molecule has 0 aliphatic carbocycles. The fraction of sp³-hybridized carbons (Fsp3) is 1.00. The van der Waals surface area contributed by atoms with Crippen molar-refractivity contribution in [2.24, 2.45) is 5.92 Å². The lowest BCUT2D eigenvalue weighted by atomic mass is 9.95. The average Bonchev–Trinajstić information content (AvgIpc) is 2.33. The van der Waals surface area contributed by atoms with Crippen LogP contribution in [0.4, 0.5) is 0 Å². The summed E-state index contributed by atoms with van der Waals surface area (Å²) < 4.78 is 5.49. The Morgan fingerprint density at radius 1 is 1.33 bits per heavy atom. The van der Waals surface area contributed by atoms with Crippen LogP contribution in [0.25, 0.3) is 0 Å². The van der Waals surface area contributed by atoms with Crippen LogP contribution in [0.2, 0.25) is 0 Å². The van der Waals surface area contributed by atoms with Gasteiger partial charge in [-0.25, -0.2) is 0 Å². The number of rotatable bonds is 0.